The highest BCUT2D eigenvalue weighted by atomic mass is 16.6. The van der Waals surface area contributed by atoms with Crippen molar-refractivity contribution in [2.45, 2.75) is 419 Å². The third kappa shape index (κ3) is 66.7. The molecule has 0 aromatic heterocycles. The second kappa shape index (κ2) is 69.4. The lowest BCUT2D eigenvalue weighted by atomic mass is 10.0. The van der Waals surface area contributed by atoms with Gasteiger partial charge in [-0.05, 0) is 51.4 Å². The highest BCUT2D eigenvalue weighted by Crippen LogP contribution is 2.19. The zero-order valence-electron chi connectivity index (χ0n) is 54.4. The van der Waals surface area contributed by atoms with Crippen LogP contribution in [-0.4, -0.2) is 37.2 Å². The molecule has 0 N–H and O–H groups in total. The van der Waals surface area contributed by atoms with Crippen LogP contribution >= 0.6 is 0 Å². The van der Waals surface area contributed by atoms with E-state index in [1.54, 1.807) is 0 Å². The SMILES string of the molecule is CCCCC/C=C\C/C=C\CCCCCCCCCCCC(=O)OC(COC(=O)CCCCCCCCCCCCCCCCC)COC(=O)CCCCCCCCCCCCCCCCCCCCCCCCCCCCCC. The summed E-state index contributed by atoms with van der Waals surface area (Å²) in [6.07, 6.45) is 85.0. The summed E-state index contributed by atoms with van der Waals surface area (Å²) >= 11 is 0. The Morgan fingerprint density at radius 2 is 0.450 bits per heavy atom. The van der Waals surface area contributed by atoms with Crippen molar-refractivity contribution in [1.82, 2.24) is 0 Å². The van der Waals surface area contributed by atoms with Crippen LogP contribution in [0.5, 0.6) is 0 Å². The lowest BCUT2D eigenvalue weighted by molar-refractivity contribution is -0.167. The first-order valence-corrected chi connectivity index (χ1v) is 36.3. The molecule has 0 aliphatic carbocycles. The van der Waals surface area contributed by atoms with E-state index in [2.05, 4.69) is 45.1 Å². The summed E-state index contributed by atoms with van der Waals surface area (Å²) in [6, 6.07) is 0. The number of allylic oxidation sites excluding steroid dienone is 4. The molecule has 1 atom stereocenters. The largest absolute Gasteiger partial charge is 0.462 e. The average Bonchev–Trinajstić information content (AvgIpc) is 3.46. The second-order valence-corrected chi connectivity index (χ2v) is 24.9. The molecule has 472 valence electrons. The Bertz CT molecular complexity index is 1290. The van der Waals surface area contributed by atoms with E-state index in [4.69, 9.17) is 14.2 Å². The molecule has 0 fully saturated rings. The molecular weight excluding hydrogens is 985 g/mol. The van der Waals surface area contributed by atoms with Crippen LogP contribution in [0.15, 0.2) is 24.3 Å². The quantitative estimate of drug-likeness (QED) is 0.0261. The number of unbranched alkanes of at least 4 members (excludes halogenated alkanes) is 53. The fourth-order valence-corrected chi connectivity index (χ4v) is 11.2. The van der Waals surface area contributed by atoms with Crippen molar-refractivity contribution >= 4 is 17.9 Å². The van der Waals surface area contributed by atoms with Gasteiger partial charge in [0.1, 0.15) is 13.2 Å². The molecule has 0 aromatic rings. The van der Waals surface area contributed by atoms with Gasteiger partial charge in [-0.3, -0.25) is 14.4 Å². The number of ether oxygens (including phenoxy) is 3. The van der Waals surface area contributed by atoms with Gasteiger partial charge in [-0.1, -0.05) is 366 Å². The van der Waals surface area contributed by atoms with Crippen molar-refractivity contribution in [2.75, 3.05) is 13.2 Å². The number of carbonyl (C=O) groups excluding carboxylic acids is 3. The number of hydrogen-bond donors (Lipinski definition) is 0. The Kier molecular flexibility index (Phi) is 67.6. The first-order chi connectivity index (χ1) is 39.5. The summed E-state index contributed by atoms with van der Waals surface area (Å²) in [4.78, 5) is 38.5. The average molecular weight is 1130 g/mol. The molecule has 6 heteroatoms. The van der Waals surface area contributed by atoms with Crippen LogP contribution in [-0.2, 0) is 28.6 Å². The van der Waals surface area contributed by atoms with E-state index in [1.165, 1.54) is 308 Å². The van der Waals surface area contributed by atoms with E-state index in [9.17, 15) is 14.4 Å². The number of hydrogen-bond acceptors (Lipinski definition) is 6. The van der Waals surface area contributed by atoms with Crippen molar-refractivity contribution < 1.29 is 28.6 Å². The second-order valence-electron chi connectivity index (χ2n) is 24.9. The Labute approximate surface area is 500 Å². The number of carbonyl (C=O) groups is 3. The Morgan fingerprint density at radius 1 is 0.250 bits per heavy atom. The molecule has 6 nitrogen and oxygen atoms in total. The molecule has 80 heavy (non-hydrogen) atoms. The van der Waals surface area contributed by atoms with E-state index in [-0.39, 0.29) is 31.1 Å². The van der Waals surface area contributed by atoms with Gasteiger partial charge in [0.05, 0.1) is 0 Å². The van der Waals surface area contributed by atoms with Gasteiger partial charge in [-0.15, -0.1) is 0 Å². The minimum absolute atomic E-state index is 0.0663. The minimum Gasteiger partial charge on any atom is -0.462 e. The molecule has 0 saturated heterocycles. The molecule has 0 aliphatic heterocycles. The molecule has 0 aromatic carbocycles. The normalized spacial score (nSPS) is 12.1. The Morgan fingerprint density at radius 3 is 0.713 bits per heavy atom. The Balaban J connectivity index is 4.20. The molecule has 0 radical (unpaired) electrons. The third-order valence-electron chi connectivity index (χ3n) is 16.7. The molecule has 0 bridgehead atoms. The van der Waals surface area contributed by atoms with Crippen molar-refractivity contribution in [2.24, 2.45) is 0 Å². The maximum Gasteiger partial charge on any atom is 0.306 e. The minimum atomic E-state index is -0.771. The highest BCUT2D eigenvalue weighted by molar-refractivity contribution is 5.71. The maximum atomic E-state index is 12.9. The molecular formula is C74H140O6. The zero-order valence-corrected chi connectivity index (χ0v) is 54.4. The Hall–Kier alpha value is -2.11. The van der Waals surface area contributed by atoms with E-state index in [0.717, 1.165) is 64.2 Å². The first kappa shape index (κ1) is 77.9. The van der Waals surface area contributed by atoms with Gasteiger partial charge < -0.3 is 14.2 Å². The third-order valence-corrected chi connectivity index (χ3v) is 16.7. The van der Waals surface area contributed by atoms with Crippen LogP contribution in [0.3, 0.4) is 0 Å². The van der Waals surface area contributed by atoms with Crippen LogP contribution in [0.2, 0.25) is 0 Å². The molecule has 0 amide bonds. The van der Waals surface area contributed by atoms with E-state index >= 15 is 0 Å². The summed E-state index contributed by atoms with van der Waals surface area (Å²) in [7, 11) is 0. The van der Waals surface area contributed by atoms with Crippen molar-refractivity contribution in [1.29, 1.82) is 0 Å². The van der Waals surface area contributed by atoms with E-state index in [1.807, 2.05) is 0 Å². The predicted molar refractivity (Wildman–Crippen MR) is 349 cm³/mol. The van der Waals surface area contributed by atoms with Crippen LogP contribution in [0.4, 0.5) is 0 Å². The zero-order chi connectivity index (χ0) is 57.8. The van der Waals surface area contributed by atoms with E-state index in [0.29, 0.717) is 19.3 Å². The topological polar surface area (TPSA) is 78.9 Å². The molecule has 0 aliphatic rings. The monoisotopic (exact) mass is 1130 g/mol. The van der Waals surface area contributed by atoms with Gasteiger partial charge in [0.2, 0.25) is 0 Å². The molecule has 0 saturated carbocycles. The van der Waals surface area contributed by atoms with Gasteiger partial charge >= 0.3 is 17.9 Å². The summed E-state index contributed by atoms with van der Waals surface area (Å²) in [5.41, 5.74) is 0. The van der Waals surface area contributed by atoms with Crippen LogP contribution in [0.1, 0.15) is 412 Å². The summed E-state index contributed by atoms with van der Waals surface area (Å²) in [5.74, 6) is -0.836. The summed E-state index contributed by atoms with van der Waals surface area (Å²) < 4.78 is 17.0. The van der Waals surface area contributed by atoms with E-state index < -0.39 is 6.10 Å². The van der Waals surface area contributed by atoms with Crippen LogP contribution in [0.25, 0.3) is 0 Å². The summed E-state index contributed by atoms with van der Waals surface area (Å²) in [5, 5.41) is 0. The fourth-order valence-electron chi connectivity index (χ4n) is 11.2. The van der Waals surface area contributed by atoms with Crippen molar-refractivity contribution in [3.63, 3.8) is 0 Å². The summed E-state index contributed by atoms with van der Waals surface area (Å²) in [6.45, 7) is 6.70. The highest BCUT2D eigenvalue weighted by Gasteiger charge is 2.19. The predicted octanol–water partition coefficient (Wildman–Crippen LogP) is 25.0. The molecule has 0 rings (SSSR count). The van der Waals surface area contributed by atoms with Crippen molar-refractivity contribution in [3.05, 3.63) is 24.3 Å². The number of esters is 3. The lowest BCUT2D eigenvalue weighted by Crippen LogP contribution is -2.30. The van der Waals surface area contributed by atoms with Crippen LogP contribution in [0, 0.1) is 0 Å². The molecule has 0 heterocycles. The number of rotatable bonds is 68. The molecule has 1 unspecified atom stereocenters. The maximum absolute atomic E-state index is 12.9. The van der Waals surface area contributed by atoms with Crippen LogP contribution < -0.4 is 0 Å². The van der Waals surface area contributed by atoms with Gasteiger partial charge in [-0.2, -0.15) is 0 Å². The fraction of sp³-hybridized carbons (Fsp3) is 0.905. The van der Waals surface area contributed by atoms with Gasteiger partial charge in [-0.25, -0.2) is 0 Å². The molecule has 0 spiro atoms. The van der Waals surface area contributed by atoms with Crippen molar-refractivity contribution in [3.8, 4) is 0 Å². The lowest BCUT2D eigenvalue weighted by Gasteiger charge is -2.18. The standard InChI is InChI=1S/C74H140O6/c1-4-7-10-13-16-19-22-25-28-30-32-33-34-35-36-37-38-39-40-42-43-46-49-52-55-58-61-64-67-73(76)79-70-71(69-78-72(75)66-63-60-57-54-51-48-45-27-24-21-18-15-12-9-6-3)80-74(77)68-65-62-59-56-53-50-47-44-41-31-29-26-23-20-17-14-11-8-5-2/h17,20,26,29,71H,4-16,18-19,21-25,27-28,30-70H2,1-3H3/b20-17-,29-26-. The van der Waals surface area contributed by atoms with Gasteiger partial charge in [0, 0.05) is 19.3 Å². The van der Waals surface area contributed by atoms with Gasteiger partial charge in [0.25, 0.3) is 0 Å². The first-order valence-electron chi connectivity index (χ1n) is 36.3. The van der Waals surface area contributed by atoms with Gasteiger partial charge in [0.15, 0.2) is 6.10 Å². The smallest absolute Gasteiger partial charge is 0.306 e.